The third-order valence-corrected chi connectivity index (χ3v) is 3.37. The molecule has 0 radical (unpaired) electrons. The number of urea groups is 1. The van der Waals surface area contributed by atoms with E-state index < -0.39 is 19.0 Å². The van der Waals surface area contributed by atoms with Crippen molar-refractivity contribution < 1.29 is 18.7 Å². The lowest BCUT2D eigenvalue weighted by molar-refractivity contribution is 0.122. The lowest BCUT2D eigenvalue weighted by Crippen LogP contribution is -2.32. The van der Waals surface area contributed by atoms with Crippen molar-refractivity contribution in [3.63, 3.8) is 0 Å². The number of nitrogens with zero attached hydrogens (tertiary/aromatic N) is 2. The highest BCUT2D eigenvalue weighted by atomic mass is 19.3. The van der Waals surface area contributed by atoms with E-state index >= 15 is 0 Å². The molecule has 3 N–H and O–H groups in total. The van der Waals surface area contributed by atoms with Gasteiger partial charge in [0.1, 0.15) is 6.54 Å². The van der Waals surface area contributed by atoms with Crippen molar-refractivity contribution >= 4 is 11.7 Å². The molecule has 0 spiro atoms. The molecular formula is C16H20F2N4O2. The van der Waals surface area contributed by atoms with E-state index in [4.69, 9.17) is 5.11 Å². The Bertz CT molecular complexity index is 634. The topological polar surface area (TPSA) is 79.2 Å². The number of hydrogen-bond acceptors (Lipinski definition) is 3. The van der Waals surface area contributed by atoms with E-state index in [1.165, 1.54) is 12.4 Å². The normalized spacial score (nSPS) is 12.2. The van der Waals surface area contributed by atoms with Crippen LogP contribution in [0.15, 0.2) is 42.7 Å². The standard InChI is InChI=1S/C16H20F2N4O2/c17-15(18)11-22-10-13(9-19-22)20-16(24)21-14(7-4-8-23)12-5-2-1-3-6-12/h1-3,5-6,9-10,14-15,23H,4,7-8,11H2,(H2,20,21,24). The highest BCUT2D eigenvalue weighted by molar-refractivity contribution is 5.89. The maximum absolute atomic E-state index is 12.3. The number of aromatic nitrogens is 2. The first-order valence-electron chi connectivity index (χ1n) is 7.62. The first kappa shape index (κ1) is 17.9. The Labute approximate surface area is 138 Å². The Hall–Kier alpha value is -2.48. The van der Waals surface area contributed by atoms with Crippen molar-refractivity contribution in [3.8, 4) is 0 Å². The monoisotopic (exact) mass is 338 g/mol. The molecule has 0 fully saturated rings. The van der Waals surface area contributed by atoms with E-state index in [1.54, 1.807) is 0 Å². The summed E-state index contributed by atoms with van der Waals surface area (Å²) in [5, 5.41) is 18.2. The molecule has 0 saturated heterocycles. The molecule has 130 valence electrons. The molecule has 0 aliphatic rings. The predicted octanol–water partition coefficient (Wildman–Crippen LogP) is 2.78. The third-order valence-electron chi connectivity index (χ3n) is 3.37. The van der Waals surface area contributed by atoms with E-state index in [-0.39, 0.29) is 12.6 Å². The predicted molar refractivity (Wildman–Crippen MR) is 85.9 cm³/mol. The number of carbonyl (C=O) groups is 1. The lowest BCUT2D eigenvalue weighted by Gasteiger charge is -2.19. The van der Waals surface area contributed by atoms with Crippen LogP contribution in [0.3, 0.4) is 0 Å². The number of anilines is 1. The summed E-state index contributed by atoms with van der Waals surface area (Å²) in [6.45, 7) is -0.487. The molecule has 0 saturated carbocycles. The van der Waals surface area contributed by atoms with E-state index in [0.29, 0.717) is 18.5 Å². The van der Waals surface area contributed by atoms with Crippen molar-refractivity contribution in [2.45, 2.75) is 31.9 Å². The van der Waals surface area contributed by atoms with E-state index in [1.807, 2.05) is 30.3 Å². The second-order valence-electron chi connectivity index (χ2n) is 5.27. The Kier molecular flexibility index (Phi) is 6.68. The van der Waals surface area contributed by atoms with Gasteiger partial charge in [0.25, 0.3) is 6.43 Å². The first-order valence-corrected chi connectivity index (χ1v) is 7.62. The number of halogens is 2. The molecule has 0 aliphatic carbocycles. The molecular weight excluding hydrogens is 318 g/mol. The number of carbonyl (C=O) groups excluding carboxylic acids is 1. The van der Waals surface area contributed by atoms with Crippen LogP contribution in [0, 0.1) is 0 Å². The van der Waals surface area contributed by atoms with Gasteiger partial charge < -0.3 is 15.7 Å². The Morgan fingerprint density at radius 2 is 2.04 bits per heavy atom. The summed E-state index contributed by atoms with van der Waals surface area (Å²) < 4.78 is 25.6. The van der Waals surface area contributed by atoms with Gasteiger partial charge in [-0.25, -0.2) is 13.6 Å². The van der Waals surface area contributed by atoms with Crippen molar-refractivity contribution in [2.24, 2.45) is 0 Å². The first-order chi connectivity index (χ1) is 11.6. The molecule has 2 aromatic rings. The molecule has 8 heteroatoms. The number of aliphatic hydroxyl groups excluding tert-OH is 1. The molecule has 1 unspecified atom stereocenters. The molecule has 0 bridgehead atoms. The Balaban J connectivity index is 1.96. The van der Waals surface area contributed by atoms with E-state index in [2.05, 4.69) is 15.7 Å². The van der Waals surface area contributed by atoms with Crippen molar-refractivity contribution in [3.05, 3.63) is 48.3 Å². The molecule has 1 aromatic carbocycles. The van der Waals surface area contributed by atoms with Crippen LogP contribution in [-0.2, 0) is 6.54 Å². The van der Waals surface area contributed by atoms with Crippen LogP contribution < -0.4 is 10.6 Å². The Morgan fingerprint density at radius 1 is 1.29 bits per heavy atom. The van der Waals surface area contributed by atoms with Crippen LogP contribution in [0.5, 0.6) is 0 Å². The average molecular weight is 338 g/mol. The minimum atomic E-state index is -2.51. The van der Waals surface area contributed by atoms with E-state index in [9.17, 15) is 13.6 Å². The Morgan fingerprint density at radius 3 is 2.71 bits per heavy atom. The maximum Gasteiger partial charge on any atom is 0.319 e. The van der Waals surface area contributed by atoms with E-state index in [0.717, 1.165) is 10.2 Å². The fraction of sp³-hybridized carbons (Fsp3) is 0.375. The van der Waals surface area contributed by atoms with Gasteiger partial charge >= 0.3 is 6.03 Å². The van der Waals surface area contributed by atoms with Crippen molar-refractivity contribution in [2.75, 3.05) is 11.9 Å². The number of nitrogens with one attached hydrogen (secondary N) is 2. The van der Waals surface area contributed by atoms with Crippen LogP contribution in [-0.4, -0.2) is 34.0 Å². The van der Waals surface area contributed by atoms with Gasteiger partial charge in [0.05, 0.1) is 17.9 Å². The number of amides is 2. The second-order valence-corrected chi connectivity index (χ2v) is 5.27. The van der Waals surface area contributed by atoms with Crippen molar-refractivity contribution in [1.82, 2.24) is 15.1 Å². The molecule has 0 aliphatic heterocycles. The smallest absolute Gasteiger partial charge is 0.319 e. The number of rotatable bonds is 8. The highest BCUT2D eigenvalue weighted by Gasteiger charge is 2.15. The van der Waals surface area contributed by atoms with Gasteiger partial charge in [-0.1, -0.05) is 30.3 Å². The summed E-state index contributed by atoms with van der Waals surface area (Å²) >= 11 is 0. The summed E-state index contributed by atoms with van der Waals surface area (Å²) in [5.74, 6) is 0. The zero-order valence-corrected chi connectivity index (χ0v) is 13.0. The van der Waals surface area contributed by atoms with Gasteiger partial charge in [0.2, 0.25) is 0 Å². The summed E-state index contributed by atoms with van der Waals surface area (Å²) in [5.41, 5.74) is 1.26. The fourth-order valence-corrected chi connectivity index (χ4v) is 2.30. The summed E-state index contributed by atoms with van der Waals surface area (Å²) in [6.07, 6.45) is 1.28. The molecule has 2 amide bonds. The van der Waals surface area contributed by atoms with Gasteiger partial charge in [0, 0.05) is 12.8 Å². The lowest BCUT2D eigenvalue weighted by atomic mass is 10.0. The molecule has 6 nitrogen and oxygen atoms in total. The molecule has 1 atom stereocenters. The molecule has 1 heterocycles. The fourth-order valence-electron chi connectivity index (χ4n) is 2.30. The largest absolute Gasteiger partial charge is 0.396 e. The van der Waals surface area contributed by atoms with Crippen LogP contribution in [0.2, 0.25) is 0 Å². The van der Waals surface area contributed by atoms with Crippen molar-refractivity contribution in [1.29, 1.82) is 0 Å². The van der Waals surface area contributed by atoms with Crippen LogP contribution in [0.25, 0.3) is 0 Å². The van der Waals surface area contributed by atoms with Crippen LogP contribution >= 0.6 is 0 Å². The molecule has 2 rings (SSSR count). The summed E-state index contributed by atoms with van der Waals surface area (Å²) in [6, 6.07) is 8.69. The number of hydrogen-bond donors (Lipinski definition) is 3. The SMILES string of the molecule is O=C(Nc1cnn(CC(F)F)c1)NC(CCCO)c1ccccc1. The number of benzene rings is 1. The minimum Gasteiger partial charge on any atom is -0.396 e. The third kappa shape index (κ3) is 5.62. The van der Waals surface area contributed by atoms with Gasteiger partial charge in [-0.3, -0.25) is 4.68 Å². The van der Waals surface area contributed by atoms with Gasteiger partial charge in [-0.05, 0) is 18.4 Å². The number of alkyl halides is 2. The zero-order chi connectivity index (χ0) is 17.4. The zero-order valence-electron chi connectivity index (χ0n) is 13.0. The minimum absolute atomic E-state index is 0.0348. The quantitative estimate of drug-likeness (QED) is 0.692. The maximum atomic E-state index is 12.3. The average Bonchev–Trinajstić information content (AvgIpc) is 2.98. The van der Waals surface area contributed by atoms with Gasteiger partial charge in [0.15, 0.2) is 0 Å². The highest BCUT2D eigenvalue weighted by Crippen LogP contribution is 2.18. The molecule has 1 aromatic heterocycles. The van der Waals surface area contributed by atoms with Crippen LogP contribution in [0.4, 0.5) is 19.3 Å². The van der Waals surface area contributed by atoms with Crippen LogP contribution in [0.1, 0.15) is 24.4 Å². The van der Waals surface area contributed by atoms with Gasteiger partial charge in [-0.2, -0.15) is 5.10 Å². The summed E-state index contributed by atoms with van der Waals surface area (Å²) in [4.78, 5) is 12.1. The number of aliphatic hydroxyl groups is 1. The van der Waals surface area contributed by atoms with Gasteiger partial charge in [-0.15, -0.1) is 0 Å². The molecule has 24 heavy (non-hydrogen) atoms. The summed E-state index contributed by atoms with van der Waals surface area (Å²) in [7, 11) is 0. The second kappa shape index (κ2) is 8.97.